The van der Waals surface area contributed by atoms with E-state index in [-0.39, 0.29) is 10.3 Å². The van der Waals surface area contributed by atoms with Gasteiger partial charge in [0.05, 0.1) is 13.2 Å². The summed E-state index contributed by atoms with van der Waals surface area (Å²) in [7, 11) is 0. The molecule has 1 atom stereocenters. The predicted molar refractivity (Wildman–Crippen MR) is 77.5 cm³/mol. The summed E-state index contributed by atoms with van der Waals surface area (Å²) in [5.74, 6) is 0. The van der Waals surface area contributed by atoms with E-state index in [1.165, 1.54) is 0 Å². The molecule has 0 saturated carbocycles. The van der Waals surface area contributed by atoms with E-state index in [1.807, 2.05) is 26.8 Å². The van der Waals surface area contributed by atoms with Crippen molar-refractivity contribution in [3.05, 3.63) is 29.0 Å². The summed E-state index contributed by atoms with van der Waals surface area (Å²) in [6.45, 7) is 6.99. The monoisotopic (exact) mass is 302 g/mol. The minimum Gasteiger partial charge on any atom is -0.598 e. The molecular formula is C13H19ClN2O2S. The van der Waals surface area contributed by atoms with Gasteiger partial charge < -0.3 is 9.29 Å². The molecule has 0 radical (unpaired) electrons. The van der Waals surface area contributed by atoms with Crippen molar-refractivity contribution < 1.29 is 9.29 Å². The lowest BCUT2D eigenvalue weighted by Gasteiger charge is -2.43. The SMILES string of the molecule is CC(C)(C)[S+]([O-])NC1(Cc2ccc(Cl)nc2)COC1. The van der Waals surface area contributed by atoms with Crippen LogP contribution in [0, 0.1) is 0 Å². The standard InChI is InChI=1S/C13H19ClN2O2S/c1-12(2,3)19(17)16-13(8-18-9-13)6-10-4-5-11(14)15-7-10/h4-5,7,16H,6,8-9H2,1-3H3. The van der Waals surface area contributed by atoms with Crippen molar-refractivity contribution in [3.63, 3.8) is 0 Å². The van der Waals surface area contributed by atoms with E-state index in [2.05, 4.69) is 9.71 Å². The zero-order valence-electron chi connectivity index (χ0n) is 11.4. The minimum absolute atomic E-state index is 0.256. The van der Waals surface area contributed by atoms with Gasteiger partial charge in [-0.25, -0.2) is 4.98 Å². The van der Waals surface area contributed by atoms with Crippen LogP contribution in [-0.4, -0.2) is 33.0 Å². The molecule has 1 aromatic heterocycles. The first-order chi connectivity index (χ1) is 8.81. The second-order valence-corrected chi connectivity index (χ2v) is 8.28. The molecule has 0 aliphatic carbocycles. The van der Waals surface area contributed by atoms with Gasteiger partial charge in [0, 0.05) is 24.0 Å². The Balaban J connectivity index is 2.04. The Morgan fingerprint density at radius 3 is 2.58 bits per heavy atom. The maximum absolute atomic E-state index is 12.2. The molecule has 106 valence electrons. The largest absolute Gasteiger partial charge is 0.598 e. The molecule has 1 N–H and O–H groups in total. The first kappa shape index (κ1) is 15.1. The summed E-state index contributed by atoms with van der Waals surface area (Å²) < 4.78 is 20.5. The van der Waals surface area contributed by atoms with Gasteiger partial charge in [0.2, 0.25) is 0 Å². The predicted octanol–water partition coefficient (Wildman–Crippen LogP) is 2.10. The highest BCUT2D eigenvalue weighted by Gasteiger charge is 2.45. The van der Waals surface area contributed by atoms with Gasteiger partial charge in [-0.1, -0.05) is 17.7 Å². The number of aromatic nitrogens is 1. The number of ether oxygens (including phenoxy) is 1. The normalized spacial score (nSPS) is 19.8. The van der Waals surface area contributed by atoms with Gasteiger partial charge in [0.1, 0.15) is 15.4 Å². The van der Waals surface area contributed by atoms with E-state index in [4.69, 9.17) is 16.3 Å². The lowest BCUT2D eigenvalue weighted by Crippen LogP contribution is -2.65. The Morgan fingerprint density at radius 2 is 2.16 bits per heavy atom. The zero-order chi connectivity index (χ0) is 14.1. The third-order valence-corrected chi connectivity index (χ3v) is 4.91. The van der Waals surface area contributed by atoms with E-state index in [9.17, 15) is 4.55 Å². The molecule has 2 heterocycles. The number of rotatable bonds is 4. The maximum Gasteiger partial charge on any atom is 0.136 e. The number of halogens is 1. The quantitative estimate of drug-likeness (QED) is 0.683. The highest BCUT2D eigenvalue weighted by Crippen LogP contribution is 2.26. The fourth-order valence-corrected chi connectivity index (χ4v) is 2.80. The summed E-state index contributed by atoms with van der Waals surface area (Å²) in [6, 6.07) is 3.71. The number of nitrogens with zero attached hydrogens (tertiary/aromatic N) is 1. The Bertz CT molecular complexity index is 429. The van der Waals surface area contributed by atoms with Crippen molar-refractivity contribution in [1.82, 2.24) is 9.71 Å². The van der Waals surface area contributed by atoms with Gasteiger partial charge in [-0.15, -0.1) is 4.72 Å². The van der Waals surface area contributed by atoms with Crippen LogP contribution in [0.5, 0.6) is 0 Å². The molecule has 19 heavy (non-hydrogen) atoms. The van der Waals surface area contributed by atoms with Crippen LogP contribution in [0.25, 0.3) is 0 Å². The van der Waals surface area contributed by atoms with Crippen LogP contribution in [-0.2, 0) is 22.5 Å². The Kier molecular flexibility index (Phi) is 4.42. The molecule has 6 heteroatoms. The molecule has 1 fully saturated rings. The van der Waals surface area contributed by atoms with Crippen LogP contribution < -0.4 is 4.72 Å². The number of hydrogen-bond donors (Lipinski definition) is 1. The van der Waals surface area contributed by atoms with Crippen molar-refractivity contribution in [3.8, 4) is 0 Å². The highest BCUT2D eigenvalue weighted by molar-refractivity contribution is 7.90. The average Bonchev–Trinajstić information content (AvgIpc) is 2.27. The Morgan fingerprint density at radius 1 is 1.47 bits per heavy atom. The summed E-state index contributed by atoms with van der Waals surface area (Å²) in [5.41, 5.74) is 0.805. The second-order valence-electron chi connectivity index (χ2n) is 5.92. The number of hydrogen-bond acceptors (Lipinski definition) is 4. The van der Waals surface area contributed by atoms with Crippen molar-refractivity contribution in [2.75, 3.05) is 13.2 Å². The minimum atomic E-state index is -1.11. The highest BCUT2D eigenvalue weighted by atomic mass is 35.5. The van der Waals surface area contributed by atoms with Gasteiger partial charge in [0.15, 0.2) is 0 Å². The fourth-order valence-electron chi connectivity index (χ4n) is 1.80. The molecule has 0 bridgehead atoms. The van der Waals surface area contributed by atoms with Crippen LogP contribution in [0.2, 0.25) is 5.15 Å². The zero-order valence-corrected chi connectivity index (χ0v) is 13.0. The molecule has 2 rings (SSSR count). The first-order valence-electron chi connectivity index (χ1n) is 6.19. The molecule has 0 amide bonds. The van der Waals surface area contributed by atoms with Gasteiger partial charge in [-0.3, -0.25) is 0 Å². The smallest absolute Gasteiger partial charge is 0.136 e. The average molecular weight is 303 g/mol. The van der Waals surface area contributed by atoms with Crippen LogP contribution in [0.15, 0.2) is 18.3 Å². The van der Waals surface area contributed by atoms with Crippen molar-refractivity contribution in [2.24, 2.45) is 0 Å². The third kappa shape index (κ3) is 3.83. The summed E-state index contributed by atoms with van der Waals surface area (Å²) >= 11 is 4.66. The van der Waals surface area contributed by atoms with E-state index in [0.717, 1.165) is 12.0 Å². The molecule has 1 aromatic rings. The molecular weight excluding hydrogens is 284 g/mol. The molecule has 1 aliphatic heterocycles. The first-order valence-corrected chi connectivity index (χ1v) is 7.71. The third-order valence-electron chi connectivity index (χ3n) is 2.95. The van der Waals surface area contributed by atoms with E-state index >= 15 is 0 Å². The van der Waals surface area contributed by atoms with E-state index in [1.54, 1.807) is 12.3 Å². The Hall–Kier alpha value is -0.330. The van der Waals surface area contributed by atoms with Crippen LogP contribution in [0.4, 0.5) is 0 Å². The second kappa shape index (κ2) is 5.58. The van der Waals surface area contributed by atoms with Crippen molar-refractivity contribution in [2.45, 2.75) is 37.5 Å². The van der Waals surface area contributed by atoms with Crippen LogP contribution >= 0.6 is 11.6 Å². The molecule has 1 saturated heterocycles. The van der Waals surface area contributed by atoms with Crippen molar-refractivity contribution in [1.29, 1.82) is 0 Å². The molecule has 1 unspecified atom stereocenters. The van der Waals surface area contributed by atoms with E-state index < -0.39 is 11.4 Å². The summed E-state index contributed by atoms with van der Waals surface area (Å²) in [5, 5.41) is 0.480. The number of nitrogens with one attached hydrogen (secondary N) is 1. The van der Waals surface area contributed by atoms with E-state index in [0.29, 0.717) is 18.4 Å². The summed E-state index contributed by atoms with van der Waals surface area (Å²) in [6.07, 6.45) is 2.49. The Labute approximate surface area is 122 Å². The van der Waals surface area contributed by atoms with Gasteiger partial charge in [0.25, 0.3) is 0 Å². The van der Waals surface area contributed by atoms with Crippen LogP contribution in [0.3, 0.4) is 0 Å². The summed E-state index contributed by atoms with van der Waals surface area (Å²) in [4.78, 5) is 4.07. The topological polar surface area (TPSA) is 57.2 Å². The lowest BCUT2D eigenvalue weighted by molar-refractivity contribution is -0.0623. The fraction of sp³-hybridized carbons (Fsp3) is 0.615. The maximum atomic E-state index is 12.2. The molecule has 1 aliphatic rings. The lowest BCUT2D eigenvalue weighted by atomic mass is 9.91. The molecule has 0 spiro atoms. The molecule has 4 nitrogen and oxygen atoms in total. The van der Waals surface area contributed by atoms with Gasteiger partial charge >= 0.3 is 0 Å². The number of pyridine rings is 1. The van der Waals surface area contributed by atoms with Gasteiger partial charge in [-0.05, 0) is 32.4 Å². The van der Waals surface area contributed by atoms with Gasteiger partial charge in [-0.2, -0.15) is 0 Å². The van der Waals surface area contributed by atoms with Crippen LogP contribution in [0.1, 0.15) is 26.3 Å². The van der Waals surface area contributed by atoms with Crippen molar-refractivity contribution >= 4 is 23.0 Å². The molecule has 0 aromatic carbocycles.